The fourth-order valence-electron chi connectivity index (χ4n) is 1.82. The Morgan fingerprint density at radius 1 is 1.47 bits per heavy atom. The van der Waals surface area contributed by atoms with Crippen LogP contribution in [0.25, 0.3) is 0 Å². The summed E-state index contributed by atoms with van der Waals surface area (Å²) >= 11 is 1.84. The van der Waals surface area contributed by atoms with Crippen molar-refractivity contribution >= 4 is 11.3 Å². The predicted octanol–water partition coefficient (Wildman–Crippen LogP) is 2.69. The summed E-state index contributed by atoms with van der Waals surface area (Å²) in [6, 6.07) is 0.701. The van der Waals surface area contributed by atoms with Crippen LogP contribution in [0.4, 0.5) is 0 Å². The van der Waals surface area contributed by atoms with E-state index >= 15 is 0 Å². The molecule has 1 aliphatic carbocycles. The maximum atomic E-state index is 4.55. The van der Waals surface area contributed by atoms with Crippen molar-refractivity contribution in [1.29, 1.82) is 0 Å². The molecule has 2 nitrogen and oxygen atoms in total. The van der Waals surface area contributed by atoms with Crippen molar-refractivity contribution in [3.05, 3.63) is 15.6 Å². The maximum absolute atomic E-state index is 4.55. The standard InChI is InChI=1S/C12H20N2S/c1-8-10(3)15-12(14-8)6-7-13-9(2)11-4-5-11/h9,11,13H,4-7H2,1-3H3. The van der Waals surface area contributed by atoms with Gasteiger partial charge in [-0.2, -0.15) is 0 Å². The van der Waals surface area contributed by atoms with Crippen molar-refractivity contribution in [2.45, 2.75) is 46.1 Å². The summed E-state index contributed by atoms with van der Waals surface area (Å²) in [5.41, 5.74) is 1.20. The summed E-state index contributed by atoms with van der Waals surface area (Å²) in [6.45, 7) is 7.62. The van der Waals surface area contributed by atoms with Crippen molar-refractivity contribution in [2.24, 2.45) is 5.92 Å². The van der Waals surface area contributed by atoms with Gasteiger partial charge in [0.2, 0.25) is 0 Å². The minimum absolute atomic E-state index is 0.701. The van der Waals surface area contributed by atoms with Gasteiger partial charge in [0.05, 0.1) is 10.7 Å². The Bertz CT molecular complexity index is 309. The molecule has 0 aromatic carbocycles. The minimum Gasteiger partial charge on any atom is -0.314 e. The molecule has 84 valence electrons. The van der Waals surface area contributed by atoms with Gasteiger partial charge in [-0.3, -0.25) is 0 Å². The molecular weight excluding hydrogens is 204 g/mol. The summed E-state index contributed by atoms with van der Waals surface area (Å²) in [5.74, 6) is 0.949. The molecule has 0 saturated heterocycles. The van der Waals surface area contributed by atoms with Crippen molar-refractivity contribution < 1.29 is 0 Å². The fourth-order valence-corrected chi connectivity index (χ4v) is 2.75. The van der Waals surface area contributed by atoms with E-state index in [4.69, 9.17) is 0 Å². The molecule has 1 atom stereocenters. The van der Waals surface area contributed by atoms with E-state index in [2.05, 4.69) is 31.1 Å². The zero-order valence-corrected chi connectivity index (χ0v) is 10.7. The van der Waals surface area contributed by atoms with E-state index in [1.165, 1.54) is 28.4 Å². The minimum atomic E-state index is 0.701. The normalized spacial score (nSPS) is 18.1. The van der Waals surface area contributed by atoms with Crippen molar-refractivity contribution in [1.82, 2.24) is 10.3 Å². The fraction of sp³-hybridized carbons (Fsp3) is 0.750. The van der Waals surface area contributed by atoms with Crippen LogP contribution in [0, 0.1) is 19.8 Å². The van der Waals surface area contributed by atoms with E-state index < -0.39 is 0 Å². The summed E-state index contributed by atoms with van der Waals surface area (Å²) in [5, 5.41) is 4.87. The number of hydrogen-bond donors (Lipinski definition) is 1. The lowest BCUT2D eigenvalue weighted by molar-refractivity contribution is 0.500. The SMILES string of the molecule is Cc1nc(CCNC(C)C2CC2)sc1C. The van der Waals surface area contributed by atoms with Gasteiger partial charge in [0, 0.05) is 23.9 Å². The highest BCUT2D eigenvalue weighted by Crippen LogP contribution is 2.32. The Morgan fingerprint density at radius 2 is 2.20 bits per heavy atom. The van der Waals surface area contributed by atoms with Gasteiger partial charge in [-0.05, 0) is 39.5 Å². The third-order valence-electron chi connectivity index (χ3n) is 3.21. The first-order chi connectivity index (χ1) is 7.16. The number of thiazole rings is 1. The molecule has 0 radical (unpaired) electrons. The first kappa shape index (κ1) is 11.1. The van der Waals surface area contributed by atoms with Gasteiger partial charge in [-0.15, -0.1) is 11.3 Å². The van der Waals surface area contributed by atoms with Gasteiger partial charge in [-0.1, -0.05) is 0 Å². The van der Waals surface area contributed by atoms with E-state index in [1.54, 1.807) is 0 Å². The Kier molecular flexibility index (Phi) is 3.42. The lowest BCUT2D eigenvalue weighted by Crippen LogP contribution is -2.29. The second kappa shape index (κ2) is 4.62. The van der Waals surface area contributed by atoms with Crippen LogP contribution in [0.5, 0.6) is 0 Å². The van der Waals surface area contributed by atoms with Crippen LogP contribution < -0.4 is 5.32 Å². The van der Waals surface area contributed by atoms with Gasteiger partial charge in [0.25, 0.3) is 0 Å². The van der Waals surface area contributed by atoms with E-state index in [0.717, 1.165) is 18.9 Å². The van der Waals surface area contributed by atoms with Crippen LogP contribution in [-0.2, 0) is 6.42 Å². The van der Waals surface area contributed by atoms with Crippen LogP contribution in [-0.4, -0.2) is 17.6 Å². The lowest BCUT2D eigenvalue weighted by atomic mass is 10.2. The van der Waals surface area contributed by atoms with Crippen LogP contribution in [0.3, 0.4) is 0 Å². The zero-order chi connectivity index (χ0) is 10.8. The smallest absolute Gasteiger partial charge is 0.0943 e. The van der Waals surface area contributed by atoms with Crippen molar-refractivity contribution in [3.8, 4) is 0 Å². The van der Waals surface area contributed by atoms with Gasteiger partial charge in [0.1, 0.15) is 0 Å². The molecule has 1 aliphatic rings. The van der Waals surface area contributed by atoms with Crippen LogP contribution >= 0.6 is 11.3 Å². The van der Waals surface area contributed by atoms with Crippen molar-refractivity contribution in [2.75, 3.05) is 6.54 Å². The first-order valence-corrected chi connectivity index (χ1v) is 6.64. The van der Waals surface area contributed by atoms with Gasteiger partial charge in [-0.25, -0.2) is 4.98 Å². The molecule has 1 N–H and O–H groups in total. The molecule has 1 fully saturated rings. The summed E-state index contributed by atoms with van der Waals surface area (Å²) in [7, 11) is 0. The molecule has 0 amide bonds. The van der Waals surface area contributed by atoms with E-state index in [1.807, 2.05) is 11.3 Å². The molecule has 2 rings (SSSR count). The Balaban J connectivity index is 1.73. The second-order valence-corrected chi connectivity index (χ2v) is 5.87. The highest BCUT2D eigenvalue weighted by atomic mass is 32.1. The molecule has 1 aromatic heterocycles. The zero-order valence-electron chi connectivity index (χ0n) is 9.84. The number of hydrogen-bond acceptors (Lipinski definition) is 3. The summed E-state index contributed by atoms with van der Waals surface area (Å²) in [6.07, 6.45) is 3.92. The van der Waals surface area contributed by atoms with Crippen LogP contribution in [0.1, 0.15) is 35.3 Å². The third kappa shape index (κ3) is 3.02. The third-order valence-corrected chi connectivity index (χ3v) is 4.34. The molecule has 1 aromatic rings. The van der Waals surface area contributed by atoms with Gasteiger partial charge in [0.15, 0.2) is 0 Å². The average Bonchev–Trinajstić information content (AvgIpc) is 2.96. The van der Waals surface area contributed by atoms with Gasteiger partial charge < -0.3 is 5.32 Å². The number of nitrogens with one attached hydrogen (secondary N) is 1. The molecule has 1 unspecified atom stereocenters. The van der Waals surface area contributed by atoms with E-state index in [0.29, 0.717) is 6.04 Å². The maximum Gasteiger partial charge on any atom is 0.0943 e. The largest absolute Gasteiger partial charge is 0.314 e. The number of aryl methyl sites for hydroxylation is 2. The van der Waals surface area contributed by atoms with Crippen molar-refractivity contribution in [3.63, 3.8) is 0 Å². The van der Waals surface area contributed by atoms with Crippen LogP contribution in [0.2, 0.25) is 0 Å². The molecule has 0 spiro atoms. The first-order valence-electron chi connectivity index (χ1n) is 5.83. The van der Waals surface area contributed by atoms with Gasteiger partial charge >= 0.3 is 0 Å². The predicted molar refractivity (Wildman–Crippen MR) is 65.5 cm³/mol. The summed E-state index contributed by atoms with van der Waals surface area (Å²) in [4.78, 5) is 5.91. The Morgan fingerprint density at radius 3 is 2.73 bits per heavy atom. The van der Waals surface area contributed by atoms with Crippen LogP contribution in [0.15, 0.2) is 0 Å². The highest BCUT2D eigenvalue weighted by molar-refractivity contribution is 7.11. The second-order valence-electron chi connectivity index (χ2n) is 4.58. The number of rotatable bonds is 5. The van der Waals surface area contributed by atoms with E-state index in [-0.39, 0.29) is 0 Å². The Hall–Kier alpha value is -0.410. The monoisotopic (exact) mass is 224 g/mol. The molecule has 1 heterocycles. The topological polar surface area (TPSA) is 24.9 Å². The van der Waals surface area contributed by atoms with E-state index in [9.17, 15) is 0 Å². The number of nitrogens with zero attached hydrogens (tertiary/aromatic N) is 1. The quantitative estimate of drug-likeness (QED) is 0.832. The molecule has 15 heavy (non-hydrogen) atoms. The molecule has 0 aliphatic heterocycles. The molecule has 3 heteroatoms. The summed E-state index contributed by atoms with van der Waals surface area (Å²) < 4.78 is 0. The highest BCUT2D eigenvalue weighted by Gasteiger charge is 2.27. The molecular formula is C12H20N2S. The molecule has 0 bridgehead atoms. The average molecular weight is 224 g/mol. The molecule has 1 saturated carbocycles. The Labute approximate surface area is 96.1 Å². The number of aromatic nitrogens is 1. The lowest BCUT2D eigenvalue weighted by Gasteiger charge is -2.11.